The Balaban J connectivity index is 1.45. The molecule has 1 saturated heterocycles. The van der Waals surface area contributed by atoms with Gasteiger partial charge in [-0.15, -0.1) is 0 Å². The van der Waals surface area contributed by atoms with Crippen LogP contribution in [0.5, 0.6) is 5.75 Å². The fourth-order valence-corrected chi connectivity index (χ4v) is 5.11. The fourth-order valence-electron chi connectivity index (χ4n) is 5.11. The van der Waals surface area contributed by atoms with Crippen molar-refractivity contribution >= 4 is 5.97 Å². The van der Waals surface area contributed by atoms with E-state index < -0.39 is 29.9 Å². The van der Waals surface area contributed by atoms with Gasteiger partial charge in [-0.05, 0) is 74.5 Å². The van der Waals surface area contributed by atoms with Crippen molar-refractivity contribution in [3.63, 3.8) is 0 Å². The smallest absolute Gasteiger partial charge is 0.416 e. The Bertz CT molecular complexity index is 771. The lowest BCUT2D eigenvalue weighted by Crippen LogP contribution is -2.25. The molecule has 3 rings (SSSR count). The summed E-state index contributed by atoms with van der Waals surface area (Å²) in [6.07, 6.45) is -0.967. The van der Waals surface area contributed by atoms with Gasteiger partial charge in [0, 0.05) is 19.4 Å². The number of hydrogen-bond acceptors (Lipinski definition) is 5. The topological polar surface area (TPSA) is 96.2 Å². The highest BCUT2D eigenvalue weighted by molar-refractivity contribution is 5.66. The summed E-state index contributed by atoms with van der Waals surface area (Å²) in [5, 5.41) is 29.7. The molecular weight excluding hydrogens is 441 g/mol. The van der Waals surface area contributed by atoms with Crippen LogP contribution >= 0.6 is 0 Å². The monoisotopic (exact) mass is 474 g/mol. The molecule has 3 N–H and O–H groups in total. The van der Waals surface area contributed by atoms with E-state index in [1.165, 1.54) is 12.1 Å². The van der Waals surface area contributed by atoms with Gasteiger partial charge in [-0.3, -0.25) is 4.79 Å². The molecule has 6 atom stereocenters. The van der Waals surface area contributed by atoms with E-state index in [1.54, 1.807) is 0 Å². The predicted molar refractivity (Wildman–Crippen MR) is 114 cm³/mol. The van der Waals surface area contributed by atoms with Gasteiger partial charge in [0.15, 0.2) is 0 Å². The molecule has 0 amide bonds. The van der Waals surface area contributed by atoms with Gasteiger partial charge >= 0.3 is 12.1 Å². The first kappa shape index (κ1) is 25.8. The van der Waals surface area contributed by atoms with Crippen LogP contribution in [0, 0.1) is 17.8 Å². The number of ether oxygens (including phenoxy) is 2. The first-order chi connectivity index (χ1) is 15.6. The minimum absolute atomic E-state index is 0.0176. The van der Waals surface area contributed by atoms with Crippen molar-refractivity contribution in [1.82, 2.24) is 0 Å². The summed E-state index contributed by atoms with van der Waals surface area (Å²) in [4.78, 5) is 10.7. The number of aliphatic carboxylic acids is 1. The third-order valence-corrected chi connectivity index (χ3v) is 6.89. The molecule has 1 aromatic carbocycles. The first-order valence-corrected chi connectivity index (χ1v) is 11.6. The summed E-state index contributed by atoms with van der Waals surface area (Å²) in [6, 6.07) is 4.56. The van der Waals surface area contributed by atoms with Crippen molar-refractivity contribution in [3.8, 4) is 5.75 Å². The van der Waals surface area contributed by atoms with Gasteiger partial charge in [0.05, 0.1) is 23.9 Å². The minimum Gasteiger partial charge on any atom is -0.491 e. The Hall–Kier alpha value is -1.84. The van der Waals surface area contributed by atoms with Gasteiger partial charge in [0.25, 0.3) is 0 Å². The second-order valence-corrected chi connectivity index (χ2v) is 9.30. The largest absolute Gasteiger partial charge is 0.491 e. The lowest BCUT2D eigenvalue weighted by Gasteiger charge is -2.24. The molecule has 1 heterocycles. The Labute approximate surface area is 191 Å². The number of fused-ring (bicyclic) bond motifs is 1. The van der Waals surface area contributed by atoms with Crippen LogP contribution in [-0.2, 0) is 15.7 Å². The molecule has 1 aliphatic heterocycles. The van der Waals surface area contributed by atoms with Gasteiger partial charge in [-0.1, -0.05) is 6.07 Å². The van der Waals surface area contributed by atoms with E-state index in [0.717, 1.165) is 31.4 Å². The highest BCUT2D eigenvalue weighted by Gasteiger charge is 2.44. The molecule has 33 heavy (non-hydrogen) atoms. The molecule has 2 aliphatic rings. The van der Waals surface area contributed by atoms with Crippen LogP contribution in [0.4, 0.5) is 13.2 Å². The number of aliphatic hydroxyl groups is 2. The third kappa shape index (κ3) is 7.58. The van der Waals surface area contributed by atoms with Crippen LogP contribution in [0.1, 0.15) is 56.9 Å². The van der Waals surface area contributed by atoms with Crippen LogP contribution in [0.25, 0.3) is 0 Å². The average molecular weight is 475 g/mol. The SMILES string of the molecule is O=C(O)CCC[C@@H]1CC[C@@H]2[C@@H](CC[C@@H](O)COc3cccc(C(F)(F)F)c3)[C@H](O)C[C@@H]2OC1. The van der Waals surface area contributed by atoms with Crippen molar-refractivity contribution in [2.45, 2.75) is 75.9 Å². The number of carbonyl (C=O) groups is 1. The average Bonchev–Trinajstić information content (AvgIpc) is 2.91. The van der Waals surface area contributed by atoms with Crippen molar-refractivity contribution in [3.05, 3.63) is 29.8 Å². The summed E-state index contributed by atoms with van der Waals surface area (Å²) in [7, 11) is 0. The zero-order chi connectivity index (χ0) is 24.0. The maximum atomic E-state index is 12.8. The molecule has 186 valence electrons. The normalized spacial score (nSPS) is 28.7. The molecule has 2 fully saturated rings. The lowest BCUT2D eigenvalue weighted by atomic mass is 9.84. The zero-order valence-electron chi connectivity index (χ0n) is 18.5. The Morgan fingerprint density at radius 3 is 2.76 bits per heavy atom. The van der Waals surface area contributed by atoms with Gasteiger partial charge in [-0.2, -0.15) is 13.2 Å². The van der Waals surface area contributed by atoms with Gasteiger partial charge in [0.1, 0.15) is 12.4 Å². The van der Waals surface area contributed by atoms with Crippen molar-refractivity contribution < 1.29 is 42.8 Å². The van der Waals surface area contributed by atoms with Gasteiger partial charge < -0.3 is 24.8 Å². The molecule has 0 bridgehead atoms. The molecule has 1 aromatic rings. The number of halogens is 3. The van der Waals surface area contributed by atoms with Crippen molar-refractivity contribution in [1.29, 1.82) is 0 Å². The van der Waals surface area contributed by atoms with Crippen LogP contribution in [-0.4, -0.2) is 52.8 Å². The second kappa shape index (κ2) is 11.5. The predicted octanol–water partition coefficient (Wildman–Crippen LogP) is 4.27. The van der Waals surface area contributed by atoms with E-state index in [2.05, 4.69) is 0 Å². The molecule has 0 spiro atoms. The second-order valence-electron chi connectivity index (χ2n) is 9.30. The highest BCUT2D eigenvalue weighted by Crippen LogP contribution is 2.43. The number of carboxylic acids is 1. The van der Waals surface area contributed by atoms with Gasteiger partial charge in [0.2, 0.25) is 0 Å². The summed E-state index contributed by atoms with van der Waals surface area (Å²) in [5.74, 6) is -0.257. The molecule has 0 aromatic heterocycles. The standard InChI is InChI=1S/C24H33F3O6/c25-24(26,27)16-4-2-5-18(11-16)32-14-17(28)8-10-19-20-9-7-15(3-1-6-23(30)31)13-33-22(20)12-21(19)29/h2,4-5,11,15,17,19-22,28-29H,1,3,6-10,12-14H2,(H,30,31)/t15-,17-,19-,20-,21-,22+/m1/s1. The lowest BCUT2D eigenvalue weighted by molar-refractivity contribution is -0.138. The van der Waals surface area contributed by atoms with E-state index in [-0.39, 0.29) is 36.7 Å². The first-order valence-electron chi connectivity index (χ1n) is 11.6. The van der Waals surface area contributed by atoms with E-state index >= 15 is 0 Å². The molecule has 0 radical (unpaired) electrons. The van der Waals surface area contributed by atoms with Crippen LogP contribution < -0.4 is 4.74 Å². The number of rotatable bonds is 10. The molecule has 9 heteroatoms. The molecule has 1 aliphatic carbocycles. The zero-order valence-corrected chi connectivity index (χ0v) is 18.5. The summed E-state index contributed by atoms with van der Waals surface area (Å²) >= 11 is 0. The summed E-state index contributed by atoms with van der Waals surface area (Å²) in [5.41, 5.74) is -0.802. The van der Waals surface area contributed by atoms with Crippen molar-refractivity contribution in [2.75, 3.05) is 13.2 Å². The Morgan fingerprint density at radius 2 is 2.03 bits per heavy atom. The molecular formula is C24H33F3O6. The number of aliphatic hydroxyl groups excluding tert-OH is 2. The van der Waals surface area contributed by atoms with E-state index in [1.807, 2.05) is 0 Å². The number of alkyl halides is 3. The van der Waals surface area contributed by atoms with E-state index in [4.69, 9.17) is 14.6 Å². The third-order valence-electron chi connectivity index (χ3n) is 6.89. The van der Waals surface area contributed by atoms with E-state index in [9.17, 15) is 28.2 Å². The molecule has 0 unspecified atom stereocenters. The van der Waals surface area contributed by atoms with Crippen LogP contribution in [0.3, 0.4) is 0 Å². The van der Waals surface area contributed by atoms with Crippen LogP contribution in [0.2, 0.25) is 0 Å². The number of hydrogen-bond donors (Lipinski definition) is 3. The van der Waals surface area contributed by atoms with Crippen LogP contribution in [0.15, 0.2) is 24.3 Å². The maximum Gasteiger partial charge on any atom is 0.416 e. The number of benzene rings is 1. The quantitative estimate of drug-likeness (QED) is 0.469. The summed E-state index contributed by atoms with van der Waals surface area (Å²) < 4.78 is 49.9. The minimum atomic E-state index is -4.46. The highest BCUT2D eigenvalue weighted by atomic mass is 19.4. The summed E-state index contributed by atoms with van der Waals surface area (Å²) in [6.45, 7) is 0.452. The van der Waals surface area contributed by atoms with E-state index in [0.29, 0.717) is 38.2 Å². The molecule has 1 saturated carbocycles. The Kier molecular flexibility index (Phi) is 9.01. The maximum absolute atomic E-state index is 12.8. The van der Waals surface area contributed by atoms with Crippen molar-refractivity contribution in [2.24, 2.45) is 17.8 Å². The van der Waals surface area contributed by atoms with Gasteiger partial charge in [-0.25, -0.2) is 0 Å². The fraction of sp³-hybridized carbons (Fsp3) is 0.708. The Morgan fingerprint density at radius 1 is 1.24 bits per heavy atom. The molecule has 6 nitrogen and oxygen atoms in total. The number of carboxylic acid groups (broad SMARTS) is 1.